The largest absolute Gasteiger partial charge is 0.444 e. The van der Waals surface area contributed by atoms with Crippen LogP contribution in [-0.4, -0.2) is 88.5 Å². The van der Waals surface area contributed by atoms with Crippen LogP contribution in [0.5, 0.6) is 0 Å². The third-order valence-corrected chi connectivity index (χ3v) is 9.62. The fourth-order valence-corrected chi connectivity index (χ4v) is 6.84. The lowest BCUT2D eigenvalue weighted by molar-refractivity contribution is -0.141. The molecule has 12 heteroatoms. The monoisotopic (exact) mass is 687 g/mol. The Kier molecular flexibility index (Phi) is 11.5. The van der Waals surface area contributed by atoms with E-state index < -0.39 is 47.7 Å². The molecule has 2 aromatic rings. The van der Waals surface area contributed by atoms with Crippen molar-refractivity contribution in [2.75, 3.05) is 25.5 Å². The Hall–Kier alpha value is -4.87. The van der Waals surface area contributed by atoms with Gasteiger partial charge in [0.25, 0.3) is 0 Å². The van der Waals surface area contributed by atoms with E-state index in [2.05, 4.69) is 10.6 Å². The highest BCUT2D eigenvalue weighted by Gasteiger charge is 2.52. The van der Waals surface area contributed by atoms with Crippen LogP contribution in [0.1, 0.15) is 65.4 Å². The Morgan fingerprint density at radius 2 is 1.58 bits per heavy atom. The van der Waals surface area contributed by atoms with E-state index in [1.54, 1.807) is 50.8 Å². The highest BCUT2D eigenvalue weighted by Crippen LogP contribution is 2.38. The van der Waals surface area contributed by atoms with Crippen LogP contribution in [0.3, 0.4) is 0 Å². The standard InChI is InChI=1S/C38H49N5O7/c1-25(41(5)36(47)50-38(2,3)4)33(44)40-31(27-17-11-7-12-18-27)35(46)42-22-21-30-32(42)29(34(45)39-28-19-13-8-14-20-28)23-43(30)37(48)49-24-26-15-9-6-10-16-26/h6,8-10,13-16,19-21,25,27,29,31-32H,7,11-12,17-18,22-24H2,1-5H3,(H,39,45)(H,40,44). The quantitative estimate of drug-likeness (QED) is 0.365. The first kappa shape index (κ1) is 36.4. The van der Waals surface area contributed by atoms with Crippen molar-refractivity contribution >= 4 is 35.6 Å². The molecule has 1 saturated carbocycles. The van der Waals surface area contributed by atoms with Crippen molar-refractivity contribution in [2.24, 2.45) is 11.8 Å². The van der Waals surface area contributed by atoms with Crippen LogP contribution in [0.25, 0.3) is 0 Å². The summed E-state index contributed by atoms with van der Waals surface area (Å²) < 4.78 is 11.1. The molecule has 5 amide bonds. The first-order valence-electron chi connectivity index (χ1n) is 17.4. The third-order valence-electron chi connectivity index (χ3n) is 9.62. The number of rotatable bonds is 9. The van der Waals surface area contributed by atoms with Crippen LogP contribution in [-0.2, 0) is 30.5 Å². The second kappa shape index (κ2) is 15.8. The summed E-state index contributed by atoms with van der Waals surface area (Å²) in [4.78, 5) is 72.8. The average Bonchev–Trinajstić information content (AvgIpc) is 3.70. The van der Waals surface area contributed by atoms with Gasteiger partial charge in [-0.05, 0) is 70.2 Å². The molecular weight excluding hydrogens is 638 g/mol. The molecule has 2 fully saturated rings. The van der Waals surface area contributed by atoms with Crippen LogP contribution in [0.4, 0.5) is 15.3 Å². The van der Waals surface area contributed by atoms with Crippen molar-refractivity contribution in [1.82, 2.24) is 20.0 Å². The summed E-state index contributed by atoms with van der Waals surface area (Å²) in [5, 5.41) is 5.94. The third kappa shape index (κ3) is 8.64. The number of anilines is 1. The van der Waals surface area contributed by atoms with Gasteiger partial charge in [-0.25, -0.2) is 9.59 Å². The predicted octanol–water partition coefficient (Wildman–Crippen LogP) is 5.31. The Morgan fingerprint density at radius 1 is 0.940 bits per heavy atom. The van der Waals surface area contributed by atoms with Gasteiger partial charge in [0, 0.05) is 31.5 Å². The molecule has 3 aliphatic rings. The summed E-state index contributed by atoms with van der Waals surface area (Å²) in [5.74, 6) is -2.07. The molecule has 5 rings (SSSR count). The van der Waals surface area contributed by atoms with E-state index in [4.69, 9.17) is 9.47 Å². The molecule has 50 heavy (non-hydrogen) atoms. The van der Waals surface area contributed by atoms with Crippen molar-refractivity contribution in [2.45, 2.75) is 90.1 Å². The number of carbonyl (C=O) groups excluding carboxylic acids is 5. The first-order chi connectivity index (χ1) is 23.8. The zero-order chi connectivity index (χ0) is 36.0. The van der Waals surface area contributed by atoms with E-state index in [1.165, 1.54) is 16.8 Å². The number of nitrogens with one attached hydrogen (secondary N) is 2. The molecule has 2 heterocycles. The van der Waals surface area contributed by atoms with E-state index >= 15 is 0 Å². The van der Waals surface area contributed by atoms with Gasteiger partial charge in [-0.2, -0.15) is 0 Å². The molecule has 0 radical (unpaired) electrons. The average molecular weight is 688 g/mol. The second-order valence-electron chi connectivity index (χ2n) is 14.3. The maximum absolute atomic E-state index is 14.7. The summed E-state index contributed by atoms with van der Waals surface area (Å²) in [5.41, 5.74) is 1.20. The van der Waals surface area contributed by atoms with Crippen molar-refractivity contribution < 1.29 is 33.4 Å². The molecule has 0 spiro atoms. The smallest absolute Gasteiger partial charge is 0.414 e. The van der Waals surface area contributed by atoms with Crippen LogP contribution >= 0.6 is 0 Å². The summed E-state index contributed by atoms with van der Waals surface area (Å²) in [6.07, 6.45) is 4.94. The lowest BCUT2D eigenvalue weighted by Gasteiger charge is -2.36. The molecule has 268 valence electrons. The SMILES string of the molecule is CC(C(=O)NC(C(=O)N1CC=C2C1C(C(=O)Nc1ccccc1)CN2C(=O)OCc1ccccc1)C1CCCCC1)N(C)C(=O)OC(C)(C)C. The molecule has 2 N–H and O–H groups in total. The zero-order valence-electron chi connectivity index (χ0n) is 29.6. The van der Waals surface area contributed by atoms with Gasteiger partial charge < -0.3 is 25.0 Å². The van der Waals surface area contributed by atoms with E-state index in [1.807, 2.05) is 48.5 Å². The number of amides is 5. The molecule has 1 saturated heterocycles. The van der Waals surface area contributed by atoms with E-state index in [9.17, 15) is 24.0 Å². The predicted molar refractivity (Wildman–Crippen MR) is 187 cm³/mol. The number of para-hydroxylation sites is 1. The Morgan fingerprint density at radius 3 is 2.22 bits per heavy atom. The van der Waals surface area contributed by atoms with Gasteiger partial charge in [0.1, 0.15) is 24.3 Å². The number of fused-ring (bicyclic) bond motifs is 1. The number of benzene rings is 2. The highest BCUT2D eigenvalue weighted by atomic mass is 16.6. The number of ether oxygens (including phenoxy) is 2. The van der Waals surface area contributed by atoms with Gasteiger partial charge in [0.05, 0.1) is 12.0 Å². The summed E-state index contributed by atoms with van der Waals surface area (Å²) in [7, 11) is 1.49. The van der Waals surface area contributed by atoms with E-state index in [-0.39, 0.29) is 37.4 Å². The van der Waals surface area contributed by atoms with Gasteiger partial charge in [-0.3, -0.25) is 24.2 Å². The van der Waals surface area contributed by atoms with Crippen LogP contribution in [0.2, 0.25) is 0 Å². The lowest BCUT2D eigenvalue weighted by Crippen LogP contribution is -2.58. The number of likely N-dealkylation sites (N-methyl/N-ethyl adjacent to an activating group) is 1. The fraction of sp³-hybridized carbons (Fsp3) is 0.500. The van der Waals surface area contributed by atoms with Crippen molar-refractivity contribution in [3.05, 3.63) is 78.0 Å². The number of likely N-dealkylation sites (tertiary alicyclic amines) is 1. The zero-order valence-corrected chi connectivity index (χ0v) is 29.6. The van der Waals surface area contributed by atoms with Crippen molar-refractivity contribution in [3.63, 3.8) is 0 Å². The van der Waals surface area contributed by atoms with Gasteiger partial charge in [-0.1, -0.05) is 67.8 Å². The summed E-state index contributed by atoms with van der Waals surface area (Å²) in [6, 6.07) is 15.8. The second-order valence-corrected chi connectivity index (χ2v) is 14.3. The van der Waals surface area contributed by atoms with Crippen LogP contribution in [0, 0.1) is 11.8 Å². The molecule has 0 bridgehead atoms. The Balaban J connectivity index is 1.38. The van der Waals surface area contributed by atoms with Crippen LogP contribution in [0.15, 0.2) is 72.4 Å². The topological polar surface area (TPSA) is 138 Å². The number of hydrogen-bond acceptors (Lipinski definition) is 7. The maximum atomic E-state index is 14.7. The molecule has 4 atom stereocenters. The molecule has 12 nitrogen and oxygen atoms in total. The fourth-order valence-electron chi connectivity index (χ4n) is 6.84. The molecular formula is C38H49N5O7. The van der Waals surface area contributed by atoms with Gasteiger partial charge in [0.15, 0.2) is 0 Å². The van der Waals surface area contributed by atoms with Gasteiger partial charge in [-0.15, -0.1) is 0 Å². The molecule has 2 aliphatic heterocycles. The number of nitrogens with zero attached hydrogens (tertiary/aromatic N) is 3. The normalized spacial score (nSPS) is 20.2. The number of carbonyl (C=O) groups is 5. The first-order valence-corrected chi connectivity index (χ1v) is 17.4. The van der Waals surface area contributed by atoms with Crippen LogP contribution < -0.4 is 10.6 Å². The van der Waals surface area contributed by atoms with Gasteiger partial charge >= 0.3 is 12.2 Å². The number of hydrogen-bond donors (Lipinski definition) is 2. The van der Waals surface area contributed by atoms with Crippen molar-refractivity contribution in [1.29, 1.82) is 0 Å². The molecule has 4 unspecified atom stereocenters. The molecule has 2 aromatic carbocycles. The minimum absolute atomic E-state index is 0.0186. The Labute approximate surface area is 294 Å². The maximum Gasteiger partial charge on any atom is 0.414 e. The lowest BCUT2D eigenvalue weighted by atomic mass is 9.83. The summed E-state index contributed by atoms with van der Waals surface area (Å²) >= 11 is 0. The Bertz CT molecular complexity index is 1570. The van der Waals surface area contributed by atoms with Gasteiger partial charge in [0.2, 0.25) is 17.7 Å². The minimum Gasteiger partial charge on any atom is -0.444 e. The minimum atomic E-state index is -0.915. The highest BCUT2D eigenvalue weighted by molar-refractivity contribution is 5.96. The molecule has 0 aromatic heterocycles. The van der Waals surface area contributed by atoms with Crippen molar-refractivity contribution in [3.8, 4) is 0 Å². The summed E-state index contributed by atoms with van der Waals surface area (Å²) in [6.45, 7) is 7.08. The van der Waals surface area contributed by atoms with E-state index in [0.29, 0.717) is 11.4 Å². The van der Waals surface area contributed by atoms with E-state index in [0.717, 1.165) is 37.7 Å². The molecule has 1 aliphatic carbocycles.